The van der Waals surface area contributed by atoms with Crippen LogP contribution in [0, 0.1) is 12.8 Å². The second kappa shape index (κ2) is 11.6. The molecule has 0 radical (unpaired) electrons. The second-order valence-electron chi connectivity index (χ2n) is 9.14. The number of aromatic nitrogens is 2. The average Bonchev–Trinajstić information content (AvgIpc) is 3.32. The number of hydrogen-bond acceptors (Lipinski definition) is 7. The van der Waals surface area contributed by atoms with E-state index in [0.717, 1.165) is 72.8 Å². The number of hydrogen-bond donors (Lipinski definition) is 1. The minimum absolute atomic E-state index is 0.144. The van der Waals surface area contributed by atoms with Gasteiger partial charge in [-0.25, -0.2) is 9.97 Å². The Balaban J connectivity index is 1.13. The summed E-state index contributed by atoms with van der Waals surface area (Å²) in [5.74, 6) is 0.933. The van der Waals surface area contributed by atoms with Gasteiger partial charge in [-0.15, -0.1) is 11.3 Å². The molecule has 2 aromatic heterocycles. The molecular formula is C24H36N4O2S2. The van der Waals surface area contributed by atoms with Gasteiger partial charge in [-0.3, -0.25) is 4.79 Å². The molecule has 0 aromatic carbocycles. The van der Waals surface area contributed by atoms with Gasteiger partial charge < -0.3 is 15.0 Å². The van der Waals surface area contributed by atoms with Crippen LogP contribution < -0.4 is 10.1 Å². The fraction of sp³-hybridized carbons (Fsp3) is 0.708. The summed E-state index contributed by atoms with van der Waals surface area (Å²) in [7, 11) is 0. The van der Waals surface area contributed by atoms with E-state index in [1.54, 1.807) is 22.7 Å². The van der Waals surface area contributed by atoms with Crippen molar-refractivity contribution in [2.24, 2.45) is 5.92 Å². The molecule has 0 bridgehead atoms. The third kappa shape index (κ3) is 6.75. The number of thiazole rings is 2. The quantitative estimate of drug-likeness (QED) is 0.581. The minimum atomic E-state index is 0.144. The van der Waals surface area contributed by atoms with Crippen molar-refractivity contribution in [2.45, 2.75) is 77.7 Å². The van der Waals surface area contributed by atoms with E-state index in [1.807, 2.05) is 13.1 Å². The first-order valence-electron chi connectivity index (χ1n) is 12.1. The van der Waals surface area contributed by atoms with Crippen molar-refractivity contribution in [1.82, 2.24) is 20.2 Å². The van der Waals surface area contributed by atoms with Gasteiger partial charge in [0.25, 0.3) is 5.19 Å². The first-order valence-corrected chi connectivity index (χ1v) is 13.8. The van der Waals surface area contributed by atoms with Crippen molar-refractivity contribution in [3.63, 3.8) is 0 Å². The van der Waals surface area contributed by atoms with E-state index in [9.17, 15) is 4.79 Å². The number of rotatable bonds is 9. The van der Waals surface area contributed by atoms with Gasteiger partial charge in [-0.2, -0.15) is 0 Å². The molecule has 0 saturated heterocycles. The number of nitrogens with one attached hydrogen (secondary N) is 1. The molecule has 1 aliphatic carbocycles. The lowest BCUT2D eigenvalue weighted by Gasteiger charge is -2.30. The van der Waals surface area contributed by atoms with Gasteiger partial charge in [0.15, 0.2) is 0 Å². The number of aryl methyl sites for hydroxylation is 1. The van der Waals surface area contributed by atoms with Crippen LogP contribution in [0.15, 0.2) is 6.20 Å². The van der Waals surface area contributed by atoms with Crippen LogP contribution in [-0.2, 0) is 24.1 Å². The molecule has 1 aliphatic heterocycles. The summed E-state index contributed by atoms with van der Waals surface area (Å²) in [6.07, 6.45) is 11.4. The van der Waals surface area contributed by atoms with Crippen molar-refractivity contribution in [3.05, 3.63) is 26.7 Å². The topological polar surface area (TPSA) is 67.3 Å². The summed E-state index contributed by atoms with van der Waals surface area (Å²) in [4.78, 5) is 26.4. The number of amides is 1. The van der Waals surface area contributed by atoms with Crippen molar-refractivity contribution in [1.29, 1.82) is 0 Å². The highest BCUT2D eigenvalue weighted by atomic mass is 32.1. The van der Waals surface area contributed by atoms with Crippen molar-refractivity contribution in [2.75, 3.05) is 26.2 Å². The third-order valence-corrected chi connectivity index (χ3v) is 8.56. The van der Waals surface area contributed by atoms with Crippen LogP contribution in [0.2, 0.25) is 0 Å². The van der Waals surface area contributed by atoms with E-state index < -0.39 is 0 Å². The molecule has 176 valence electrons. The van der Waals surface area contributed by atoms with Crippen LogP contribution in [0.5, 0.6) is 5.19 Å². The molecule has 0 spiro atoms. The smallest absolute Gasteiger partial charge is 0.273 e. The van der Waals surface area contributed by atoms with Gasteiger partial charge in [-0.1, -0.05) is 18.3 Å². The van der Waals surface area contributed by atoms with E-state index in [4.69, 9.17) is 9.72 Å². The maximum Gasteiger partial charge on any atom is 0.273 e. The SMILES string of the molecule is CCCOc1nc2c(s1)CCN(CCC1CCC(NC(=O)Cc3cnc(C)s3)CC1)CC2. The predicted octanol–water partition coefficient (Wildman–Crippen LogP) is 4.41. The lowest BCUT2D eigenvalue weighted by atomic mass is 9.84. The summed E-state index contributed by atoms with van der Waals surface area (Å²) in [6.45, 7) is 8.28. The van der Waals surface area contributed by atoms with Gasteiger partial charge in [0.1, 0.15) is 0 Å². The van der Waals surface area contributed by atoms with Crippen LogP contribution in [0.1, 0.15) is 65.9 Å². The largest absolute Gasteiger partial charge is 0.470 e. The van der Waals surface area contributed by atoms with E-state index in [2.05, 4.69) is 22.1 Å². The fourth-order valence-electron chi connectivity index (χ4n) is 4.75. The highest BCUT2D eigenvalue weighted by molar-refractivity contribution is 7.13. The van der Waals surface area contributed by atoms with Crippen LogP contribution in [0.4, 0.5) is 0 Å². The molecular weight excluding hydrogens is 440 g/mol. The van der Waals surface area contributed by atoms with E-state index in [0.29, 0.717) is 12.5 Å². The van der Waals surface area contributed by atoms with Gasteiger partial charge in [0.05, 0.1) is 23.7 Å². The van der Waals surface area contributed by atoms with Crippen molar-refractivity contribution in [3.8, 4) is 5.19 Å². The summed E-state index contributed by atoms with van der Waals surface area (Å²) in [6, 6.07) is 0.345. The molecule has 1 N–H and O–H groups in total. The first kappa shape index (κ1) is 23.6. The van der Waals surface area contributed by atoms with Crippen LogP contribution in [0.25, 0.3) is 0 Å². The molecule has 1 fully saturated rings. The maximum absolute atomic E-state index is 12.3. The van der Waals surface area contributed by atoms with Crippen molar-refractivity contribution >= 4 is 28.6 Å². The molecule has 32 heavy (non-hydrogen) atoms. The zero-order chi connectivity index (χ0) is 22.3. The fourth-order valence-corrected chi connectivity index (χ4v) is 6.51. The molecule has 0 atom stereocenters. The standard InChI is InChI=1S/C24H36N4O2S2/c1-3-14-30-24-27-21-9-12-28(13-10-22(21)32-24)11-8-18-4-6-19(7-5-18)26-23(29)15-20-16-25-17(2)31-20/h16,18-19H,3-15H2,1-2H3,(H,26,29). The number of carbonyl (C=O) groups excluding carboxylic acids is 1. The molecule has 6 nitrogen and oxygen atoms in total. The number of fused-ring (bicyclic) bond motifs is 1. The first-order chi connectivity index (χ1) is 15.6. The zero-order valence-corrected chi connectivity index (χ0v) is 21.0. The normalized spacial score (nSPS) is 21.7. The molecule has 2 aromatic rings. The molecule has 1 saturated carbocycles. The lowest BCUT2D eigenvalue weighted by Crippen LogP contribution is -2.38. The Kier molecular flexibility index (Phi) is 8.55. The van der Waals surface area contributed by atoms with E-state index >= 15 is 0 Å². The lowest BCUT2D eigenvalue weighted by molar-refractivity contribution is -0.121. The van der Waals surface area contributed by atoms with Gasteiger partial charge in [-0.05, 0) is 64.3 Å². The third-order valence-electron chi connectivity index (χ3n) is 6.58. The molecule has 2 aliphatic rings. The Morgan fingerprint density at radius 1 is 1.22 bits per heavy atom. The van der Waals surface area contributed by atoms with Gasteiger partial charge in [0.2, 0.25) is 5.91 Å². The minimum Gasteiger partial charge on any atom is -0.470 e. The predicted molar refractivity (Wildman–Crippen MR) is 131 cm³/mol. The Bertz CT molecular complexity index is 848. The van der Waals surface area contributed by atoms with E-state index in [1.165, 1.54) is 36.4 Å². The molecule has 1 amide bonds. The summed E-state index contributed by atoms with van der Waals surface area (Å²) >= 11 is 3.36. The van der Waals surface area contributed by atoms with Crippen LogP contribution >= 0.6 is 22.7 Å². The highest BCUT2D eigenvalue weighted by Gasteiger charge is 2.24. The highest BCUT2D eigenvalue weighted by Crippen LogP contribution is 2.30. The number of carbonyl (C=O) groups is 1. The summed E-state index contributed by atoms with van der Waals surface area (Å²) < 4.78 is 5.73. The molecule has 4 rings (SSSR count). The van der Waals surface area contributed by atoms with Gasteiger partial charge in [0, 0.05) is 41.5 Å². The zero-order valence-electron chi connectivity index (χ0n) is 19.4. The average molecular weight is 477 g/mol. The maximum atomic E-state index is 12.3. The monoisotopic (exact) mass is 476 g/mol. The Labute approximate surface area is 199 Å². The molecule has 3 heterocycles. The Morgan fingerprint density at radius 3 is 2.78 bits per heavy atom. The second-order valence-corrected chi connectivity index (χ2v) is 11.5. The molecule has 8 heteroatoms. The van der Waals surface area contributed by atoms with Crippen LogP contribution in [0.3, 0.4) is 0 Å². The number of nitrogens with zero attached hydrogens (tertiary/aromatic N) is 3. The van der Waals surface area contributed by atoms with Crippen molar-refractivity contribution < 1.29 is 9.53 Å². The van der Waals surface area contributed by atoms with E-state index in [-0.39, 0.29) is 5.91 Å². The Hall–Kier alpha value is -1.51. The Morgan fingerprint density at radius 2 is 2.03 bits per heavy atom. The number of ether oxygens (including phenoxy) is 1. The summed E-state index contributed by atoms with van der Waals surface area (Å²) in [5, 5.41) is 5.13. The summed E-state index contributed by atoms with van der Waals surface area (Å²) in [5.41, 5.74) is 1.26. The van der Waals surface area contributed by atoms with Crippen LogP contribution in [-0.4, -0.2) is 53.1 Å². The molecule has 0 unspecified atom stereocenters. The van der Waals surface area contributed by atoms with Gasteiger partial charge >= 0.3 is 0 Å².